The highest BCUT2D eigenvalue weighted by Crippen LogP contribution is 2.23. The molecule has 0 fully saturated rings. The van der Waals surface area contributed by atoms with Crippen molar-refractivity contribution in [3.05, 3.63) is 50.5 Å². The summed E-state index contributed by atoms with van der Waals surface area (Å²) in [6.07, 6.45) is 0.618. The molecular formula is C14H13BrN4OS. The predicted octanol–water partition coefficient (Wildman–Crippen LogP) is 3.57. The minimum Gasteiger partial charge on any atom is -0.332 e. The van der Waals surface area contributed by atoms with E-state index in [1.54, 1.807) is 0 Å². The molecule has 0 saturated carbocycles. The topological polar surface area (TPSA) is 77.8 Å². The molecule has 2 N–H and O–H groups in total. The van der Waals surface area contributed by atoms with Gasteiger partial charge in [-0.2, -0.15) is 4.98 Å². The van der Waals surface area contributed by atoms with Crippen molar-refractivity contribution in [1.82, 2.24) is 15.1 Å². The molecule has 1 unspecified atom stereocenters. The van der Waals surface area contributed by atoms with Crippen molar-refractivity contribution < 1.29 is 4.52 Å². The monoisotopic (exact) mass is 364 g/mol. The molecule has 0 saturated heterocycles. The van der Waals surface area contributed by atoms with Gasteiger partial charge in [0.2, 0.25) is 0 Å². The Bertz CT molecular complexity index is 753. The van der Waals surface area contributed by atoms with Gasteiger partial charge in [-0.15, -0.1) is 11.3 Å². The standard InChI is InChI=1S/C14H13BrN4OS/c1-8(16)14-17-11(7-21-14)13-18-12(19-20-13)6-9-3-2-4-10(15)5-9/h2-5,7-8H,6,16H2,1H3. The zero-order valence-electron chi connectivity index (χ0n) is 11.3. The van der Waals surface area contributed by atoms with Crippen LogP contribution in [0.5, 0.6) is 0 Å². The normalized spacial score (nSPS) is 12.5. The first-order valence-corrected chi connectivity index (χ1v) is 8.07. The molecule has 0 aliphatic rings. The Morgan fingerprint density at radius 1 is 1.38 bits per heavy atom. The van der Waals surface area contributed by atoms with E-state index in [9.17, 15) is 0 Å². The van der Waals surface area contributed by atoms with E-state index in [0.717, 1.165) is 15.0 Å². The zero-order chi connectivity index (χ0) is 14.8. The Balaban J connectivity index is 1.79. The Labute approximate surface area is 134 Å². The summed E-state index contributed by atoms with van der Waals surface area (Å²) in [4.78, 5) is 8.79. The first-order valence-electron chi connectivity index (χ1n) is 6.40. The molecule has 0 spiro atoms. The molecule has 0 bridgehead atoms. The summed E-state index contributed by atoms with van der Waals surface area (Å²) in [6, 6.07) is 7.93. The van der Waals surface area contributed by atoms with Crippen LogP contribution in [0.3, 0.4) is 0 Å². The van der Waals surface area contributed by atoms with Gasteiger partial charge in [0, 0.05) is 16.3 Å². The third kappa shape index (κ3) is 3.37. The van der Waals surface area contributed by atoms with Crippen LogP contribution in [0.15, 0.2) is 38.6 Å². The second-order valence-electron chi connectivity index (χ2n) is 4.68. The molecule has 2 aromatic heterocycles. The average Bonchev–Trinajstić information content (AvgIpc) is 3.06. The van der Waals surface area contributed by atoms with Gasteiger partial charge in [0.05, 0.1) is 6.04 Å². The Kier molecular flexibility index (Phi) is 4.14. The van der Waals surface area contributed by atoms with Gasteiger partial charge in [-0.3, -0.25) is 0 Å². The fourth-order valence-corrected chi connectivity index (χ4v) is 3.05. The number of nitrogens with zero attached hydrogens (tertiary/aromatic N) is 3. The minimum atomic E-state index is -0.0900. The number of rotatable bonds is 4. The van der Waals surface area contributed by atoms with E-state index in [0.29, 0.717) is 23.8 Å². The van der Waals surface area contributed by atoms with Crippen LogP contribution in [0.4, 0.5) is 0 Å². The van der Waals surface area contributed by atoms with Gasteiger partial charge in [0.25, 0.3) is 5.89 Å². The first-order chi connectivity index (χ1) is 10.1. The highest BCUT2D eigenvalue weighted by atomic mass is 79.9. The quantitative estimate of drug-likeness (QED) is 0.765. The number of hydrogen-bond acceptors (Lipinski definition) is 6. The van der Waals surface area contributed by atoms with E-state index < -0.39 is 0 Å². The van der Waals surface area contributed by atoms with Crippen molar-refractivity contribution in [2.24, 2.45) is 5.73 Å². The molecule has 3 rings (SSSR count). The summed E-state index contributed by atoms with van der Waals surface area (Å²) >= 11 is 4.95. The van der Waals surface area contributed by atoms with Crippen molar-refractivity contribution in [3.8, 4) is 11.6 Å². The fraction of sp³-hybridized carbons (Fsp3) is 0.214. The minimum absolute atomic E-state index is 0.0900. The predicted molar refractivity (Wildman–Crippen MR) is 85.0 cm³/mol. The molecule has 21 heavy (non-hydrogen) atoms. The van der Waals surface area contributed by atoms with Gasteiger partial charge in [0.1, 0.15) is 10.7 Å². The lowest BCUT2D eigenvalue weighted by Gasteiger charge is -1.97. The summed E-state index contributed by atoms with van der Waals surface area (Å²) in [7, 11) is 0. The maximum absolute atomic E-state index is 5.80. The van der Waals surface area contributed by atoms with Crippen LogP contribution in [0, 0.1) is 0 Å². The third-order valence-electron chi connectivity index (χ3n) is 2.85. The molecule has 7 heteroatoms. The van der Waals surface area contributed by atoms with Crippen molar-refractivity contribution in [2.45, 2.75) is 19.4 Å². The van der Waals surface area contributed by atoms with Crippen LogP contribution in [0.1, 0.15) is 29.4 Å². The SMILES string of the molecule is CC(N)c1nc(-c2nc(Cc3cccc(Br)c3)no2)cs1. The lowest BCUT2D eigenvalue weighted by Crippen LogP contribution is -2.03. The van der Waals surface area contributed by atoms with E-state index in [1.165, 1.54) is 11.3 Å². The summed E-state index contributed by atoms with van der Waals surface area (Å²) in [5, 5.41) is 6.75. The van der Waals surface area contributed by atoms with E-state index in [4.69, 9.17) is 10.3 Å². The first kappa shape index (κ1) is 14.4. The molecule has 0 aliphatic heterocycles. The van der Waals surface area contributed by atoms with Crippen LogP contribution >= 0.6 is 27.3 Å². The lowest BCUT2D eigenvalue weighted by atomic mass is 10.1. The highest BCUT2D eigenvalue weighted by Gasteiger charge is 2.14. The summed E-state index contributed by atoms with van der Waals surface area (Å²) < 4.78 is 6.31. The van der Waals surface area contributed by atoms with Gasteiger partial charge >= 0.3 is 0 Å². The van der Waals surface area contributed by atoms with Crippen LogP contribution in [0.2, 0.25) is 0 Å². The third-order valence-corrected chi connectivity index (χ3v) is 4.39. The fourth-order valence-electron chi connectivity index (χ4n) is 1.85. The molecule has 1 aromatic carbocycles. The second kappa shape index (κ2) is 6.05. The molecule has 108 valence electrons. The number of benzene rings is 1. The molecule has 1 atom stereocenters. The number of thiazole rings is 1. The van der Waals surface area contributed by atoms with Crippen LogP contribution in [-0.4, -0.2) is 15.1 Å². The van der Waals surface area contributed by atoms with E-state index in [-0.39, 0.29) is 6.04 Å². The Morgan fingerprint density at radius 3 is 2.95 bits per heavy atom. The molecule has 0 aliphatic carbocycles. The molecule has 2 heterocycles. The maximum atomic E-state index is 5.80. The zero-order valence-corrected chi connectivity index (χ0v) is 13.7. The van der Waals surface area contributed by atoms with E-state index >= 15 is 0 Å². The molecule has 3 aromatic rings. The van der Waals surface area contributed by atoms with Gasteiger partial charge in [-0.25, -0.2) is 4.98 Å². The summed E-state index contributed by atoms with van der Waals surface area (Å²) in [5.41, 5.74) is 7.60. The van der Waals surface area contributed by atoms with Crippen LogP contribution in [0.25, 0.3) is 11.6 Å². The molecule has 0 amide bonds. The van der Waals surface area contributed by atoms with E-state index in [1.807, 2.05) is 36.6 Å². The number of aromatic nitrogens is 3. The Hall–Kier alpha value is -1.57. The van der Waals surface area contributed by atoms with Crippen LogP contribution in [-0.2, 0) is 6.42 Å². The number of nitrogens with two attached hydrogens (primary N) is 1. The van der Waals surface area contributed by atoms with Crippen LogP contribution < -0.4 is 5.73 Å². The highest BCUT2D eigenvalue weighted by molar-refractivity contribution is 9.10. The van der Waals surface area contributed by atoms with Gasteiger partial charge < -0.3 is 10.3 Å². The van der Waals surface area contributed by atoms with Gasteiger partial charge in [-0.1, -0.05) is 33.2 Å². The largest absolute Gasteiger partial charge is 0.332 e. The maximum Gasteiger partial charge on any atom is 0.277 e. The Morgan fingerprint density at radius 2 is 2.24 bits per heavy atom. The lowest BCUT2D eigenvalue weighted by molar-refractivity contribution is 0.423. The molecular weight excluding hydrogens is 352 g/mol. The summed E-state index contributed by atoms with van der Waals surface area (Å²) in [5.74, 6) is 1.07. The van der Waals surface area contributed by atoms with E-state index in [2.05, 4.69) is 31.1 Å². The second-order valence-corrected chi connectivity index (χ2v) is 6.49. The number of halogens is 1. The van der Waals surface area contributed by atoms with Gasteiger partial charge in [0.15, 0.2) is 5.82 Å². The average molecular weight is 365 g/mol. The van der Waals surface area contributed by atoms with Crippen molar-refractivity contribution in [1.29, 1.82) is 0 Å². The van der Waals surface area contributed by atoms with Crippen molar-refractivity contribution in [3.63, 3.8) is 0 Å². The van der Waals surface area contributed by atoms with Gasteiger partial charge in [-0.05, 0) is 24.6 Å². The van der Waals surface area contributed by atoms with Crippen molar-refractivity contribution >= 4 is 27.3 Å². The number of hydrogen-bond donors (Lipinski definition) is 1. The van der Waals surface area contributed by atoms with Crippen molar-refractivity contribution in [2.75, 3.05) is 0 Å². The smallest absolute Gasteiger partial charge is 0.277 e. The molecule has 0 radical (unpaired) electrons. The summed E-state index contributed by atoms with van der Waals surface area (Å²) in [6.45, 7) is 1.90. The molecule has 5 nitrogen and oxygen atoms in total.